The summed E-state index contributed by atoms with van der Waals surface area (Å²) in [6.45, 7) is 2.28. The molecule has 150 valence electrons. The summed E-state index contributed by atoms with van der Waals surface area (Å²) in [5.41, 5.74) is 0. The zero-order chi connectivity index (χ0) is 19.2. The zero-order valence-electron chi connectivity index (χ0n) is 16.3. The summed E-state index contributed by atoms with van der Waals surface area (Å²) in [5, 5.41) is 0.529. The molecule has 0 unspecified atom stereocenters. The molecule has 3 rings (SSSR count). The molecule has 2 aliphatic rings. The number of ether oxygens (including phenoxy) is 1. The molecule has 0 bridgehead atoms. The molecule has 0 saturated heterocycles. The third kappa shape index (κ3) is 5.84. The van der Waals surface area contributed by atoms with E-state index < -0.39 is 0 Å². The van der Waals surface area contributed by atoms with Gasteiger partial charge in [-0.25, -0.2) is 4.98 Å². The Morgan fingerprint density at radius 2 is 1.70 bits per heavy atom. The van der Waals surface area contributed by atoms with Crippen LogP contribution in [0.2, 0.25) is 10.2 Å². The molecule has 5 heteroatoms. The average molecular weight is 412 g/mol. The maximum atomic E-state index is 12.5. The molecule has 0 radical (unpaired) electrons. The number of esters is 1. The fourth-order valence-electron chi connectivity index (χ4n) is 4.93. The highest BCUT2D eigenvalue weighted by atomic mass is 35.5. The van der Waals surface area contributed by atoms with Gasteiger partial charge in [-0.05, 0) is 56.3 Å². The lowest BCUT2D eigenvalue weighted by molar-refractivity contribution is -0.140. The Balaban J connectivity index is 1.42. The number of pyridine rings is 1. The smallest absolute Gasteiger partial charge is 0.314 e. The van der Waals surface area contributed by atoms with Gasteiger partial charge in [-0.3, -0.25) is 4.79 Å². The quantitative estimate of drug-likeness (QED) is 0.370. The van der Waals surface area contributed by atoms with Crippen molar-refractivity contribution in [3.63, 3.8) is 0 Å². The molecule has 1 aromatic rings. The van der Waals surface area contributed by atoms with Crippen molar-refractivity contribution in [2.45, 2.75) is 77.6 Å². The first kappa shape index (κ1) is 20.9. The lowest BCUT2D eigenvalue weighted by atomic mass is 9.68. The van der Waals surface area contributed by atoms with E-state index >= 15 is 0 Å². The SMILES string of the molecule is CCCC[C@H]1CC[C@H]([C@H]2CC[C@H](C(=O)Oc3cnc(Cl)c(Cl)c3)CC2)CC1. The van der Waals surface area contributed by atoms with Gasteiger partial charge in [0, 0.05) is 6.07 Å². The van der Waals surface area contributed by atoms with Crippen molar-refractivity contribution in [1.82, 2.24) is 4.98 Å². The Hall–Kier alpha value is -0.800. The minimum absolute atomic E-state index is 0.00315. The molecular weight excluding hydrogens is 381 g/mol. The number of carbonyl (C=O) groups excluding carboxylic acids is 1. The van der Waals surface area contributed by atoms with E-state index in [-0.39, 0.29) is 17.0 Å². The molecule has 0 spiro atoms. The second-order valence-electron chi connectivity index (χ2n) is 8.40. The Morgan fingerprint density at radius 1 is 1.07 bits per heavy atom. The maximum absolute atomic E-state index is 12.5. The largest absolute Gasteiger partial charge is 0.425 e. The van der Waals surface area contributed by atoms with Crippen molar-refractivity contribution >= 4 is 29.2 Å². The third-order valence-electron chi connectivity index (χ3n) is 6.62. The van der Waals surface area contributed by atoms with Gasteiger partial charge in [0.1, 0.15) is 5.15 Å². The molecule has 1 heterocycles. The van der Waals surface area contributed by atoms with Gasteiger partial charge >= 0.3 is 5.97 Å². The number of halogens is 2. The predicted molar refractivity (Wildman–Crippen MR) is 110 cm³/mol. The third-order valence-corrected chi connectivity index (χ3v) is 7.30. The van der Waals surface area contributed by atoms with Crippen LogP contribution in [0.25, 0.3) is 0 Å². The summed E-state index contributed by atoms with van der Waals surface area (Å²) >= 11 is 11.7. The van der Waals surface area contributed by atoms with Crippen molar-refractivity contribution in [2.24, 2.45) is 23.7 Å². The number of nitrogens with zero attached hydrogens (tertiary/aromatic N) is 1. The van der Waals surface area contributed by atoms with Crippen molar-refractivity contribution in [3.05, 3.63) is 22.4 Å². The monoisotopic (exact) mass is 411 g/mol. The van der Waals surface area contributed by atoms with Crippen LogP contribution < -0.4 is 4.74 Å². The van der Waals surface area contributed by atoms with Crippen molar-refractivity contribution < 1.29 is 9.53 Å². The van der Waals surface area contributed by atoms with E-state index in [9.17, 15) is 4.79 Å². The molecule has 0 amide bonds. The molecule has 0 aliphatic heterocycles. The number of hydrogen-bond donors (Lipinski definition) is 0. The Bertz CT molecular complexity index is 621. The van der Waals surface area contributed by atoms with Crippen LogP contribution in [0.1, 0.15) is 77.6 Å². The summed E-state index contributed by atoms with van der Waals surface area (Å²) < 4.78 is 5.48. The molecule has 3 nitrogen and oxygen atoms in total. The molecule has 0 atom stereocenters. The molecular formula is C22H31Cl2NO2. The van der Waals surface area contributed by atoms with Crippen LogP contribution in [-0.2, 0) is 4.79 Å². The Morgan fingerprint density at radius 3 is 2.30 bits per heavy atom. The summed E-state index contributed by atoms with van der Waals surface area (Å²) in [5.74, 6) is 2.86. The maximum Gasteiger partial charge on any atom is 0.314 e. The van der Waals surface area contributed by atoms with E-state index in [0.717, 1.165) is 43.4 Å². The van der Waals surface area contributed by atoms with Gasteiger partial charge in [0.2, 0.25) is 0 Å². The van der Waals surface area contributed by atoms with Gasteiger partial charge < -0.3 is 4.74 Å². The molecule has 0 aromatic carbocycles. The van der Waals surface area contributed by atoms with E-state index in [1.165, 1.54) is 51.1 Å². The average Bonchev–Trinajstić information content (AvgIpc) is 2.70. The molecule has 2 fully saturated rings. The van der Waals surface area contributed by atoms with Gasteiger partial charge in [0.15, 0.2) is 5.75 Å². The van der Waals surface area contributed by atoms with E-state index in [1.807, 2.05) is 0 Å². The molecule has 2 saturated carbocycles. The first-order valence-corrected chi connectivity index (χ1v) is 11.3. The van der Waals surface area contributed by atoms with Crippen LogP contribution in [-0.4, -0.2) is 11.0 Å². The summed E-state index contributed by atoms with van der Waals surface area (Å²) in [7, 11) is 0. The molecule has 2 aliphatic carbocycles. The lowest BCUT2D eigenvalue weighted by Crippen LogP contribution is -2.30. The number of hydrogen-bond acceptors (Lipinski definition) is 3. The van der Waals surface area contributed by atoms with Crippen molar-refractivity contribution in [2.75, 3.05) is 0 Å². The van der Waals surface area contributed by atoms with E-state index in [4.69, 9.17) is 27.9 Å². The Labute approximate surface area is 173 Å². The van der Waals surface area contributed by atoms with Gasteiger partial charge in [0.05, 0.1) is 17.1 Å². The summed E-state index contributed by atoms with van der Waals surface area (Å²) in [6.07, 6.45) is 15.4. The van der Waals surface area contributed by atoms with Crippen LogP contribution in [0.5, 0.6) is 5.75 Å². The standard InChI is InChI=1S/C22H31Cl2NO2/c1-2-3-4-15-5-7-16(8-6-15)17-9-11-18(12-10-17)22(26)27-19-13-20(23)21(24)25-14-19/h13-18H,2-12H2,1H3/t15-,16-,17-,18-. The number of unbranched alkanes of at least 4 members (excludes halogenated alkanes) is 1. The second-order valence-corrected chi connectivity index (χ2v) is 9.16. The molecule has 27 heavy (non-hydrogen) atoms. The highest BCUT2D eigenvalue weighted by Gasteiger charge is 2.33. The predicted octanol–water partition coefficient (Wildman–Crippen LogP) is 7.10. The topological polar surface area (TPSA) is 39.2 Å². The van der Waals surface area contributed by atoms with E-state index in [0.29, 0.717) is 10.8 Å². The second kappa shape index (κ2) is 10.1. The van der Waals surface area contributed by atoms with Crippen molar-refractivity contribution in [3.8, 4) is 5.75 Å². The number of rotatable bonds is 6. The van der Waals surface area contributed by atoms with Crippen LogP contribution >= 0.6 is 23.2 Å². The first-order chi connectivity index (χ1) is 13.1. The highest BCUT2D eigenvalue weighted by molar-refractivity contribution is 6.41. The van der Waals surface area contributed by atoms with Crippen LogP contribution in [0, 0.1) is 23.7 Å². The van der Waals surface area contributed by atoms with Gasteiger partial charge in [-0.2, -0.15) is 0 Å². The fraction of sp³-hybridized carbons (Fsp3) is 0.727. The summed E-state index contributed by atoms with van der Waals surface area (Å²) in [4.78, 5) is 16.4. The molecule has 1 aromatic heterocycles. The lowest BCUT2D eigenvalue weighted by Gasteiger charge is -2.37. The zero-order valence-corrected chi connectivity index (χ0v) is 17.8. The summed E-state index contributed by atoms with van der Waals surface area (Å²) in [6, 6.07) is 1.55. The van der Waals surface area contributed by atoms with Gasteiger partial charge in [-0.1, -0.05) is 62.2 Å². The van der Waals surface area contributed by atoms with E-state index in [2.05, 4.69) is 11.9 Å². The minimum Gasteiger partial charge on any atom is -0.425 e. The van der Waals surface area contributed by atoms with Crippen LogP contribution in [0.15, 0.2) is 12.3 Å². The van der Waals surface area contributed by atoms with Gasteiger partial charge in [-0.15, -0.1) is 0 Å². The minimum atomic E-state index is -0.156. The normalized spacial score (nSPS) is 28.7. The van der Waals surface area contributed by atoms with Gasteiger partial charge in [0.25, 0.3) is 0 Å². The van der Waals surface area contributed by atoms with Crippen molar-refractivity contribution in [1.29, 1.82) is 0 Å². The fourth-order valence-corrected chi connectivity index (χ4v) is 5.19. The van der Waals surface area contributed by atoms with Crippen LogP contribution in [0.4, 0.5) is 0 Å². The molecule has 0 N–H and O–H groups in total. The van der Waals surface area contributed by atoms with E-state index in [1.54, 1.807) is 6.07 Å². The Kier molecular flexibility index (Phi) is 7.84. The highest BCUT2D eigenvalue weighted by Crippen LogP contribution is 2.42. The first-order valence-electron chi connectivity index (χ1n) is 10.6. The van der Waals surface area contributed by atoms with Crippen LogP contribution in [0.3, 0.4) is 0 Å². The number of aromatic nitrogens is 1. The number of carbonyl (C=O) groups is 1.